The minimum atomic E-state index is -0.386. The van der Waals surface area contributed by atoms with Gasteiger partial charge >= 0.3 is 0 Å². The highest BCUT2D eigenvalue weighted by atomic mass is 16.6. The van der Waals surface area contributed by atoms with Crippen molar-refractivity contribution in [3.63, 3.8) is 0 Å². The monoisotopic (exact) mass is 245 g/mol. The molecule has 0 aliphatic carbocycles. The number of aromatic nitrogens is 1. The summed E-state index contributed by atoms with van der Waals surface area (Å²) in [6.07, 6.45) is 0. The molecule has 0 amide bonds. The number of nitrogens with one attached hydrogen (secondary N) is 1. The van der Waals surface area contributed by atoms with E-state index < -0.39 is 0 Å². The summed E-state index contributed by atoms with van der Waals surface area (Å²) < 4.78 is 1.95. The third-order valence-electron chi connectivity index (χ3n) is 2.92. The van der Waals surface area contributed by atoms with E-state index in [0.717, 1.165) is 22.6 Å². The van der Waals surface area contributed by atoms with Gasteiger partial charge < -0.3 is 0 Å². The zero-order valence-corrected chi connectivity index (χ0v) is 10.6. The Kier molecular flexibility index (Phi) is 3.06. The molecule has 1 aromatic carbocycles. The van der Waals surface area contributed by atoms with Gasteiger partial charge in [0.05, 0.1) is 10.6 Å². The fourth-order valence-electron chi connectivity index (χ4n) is 1.85. The molecule has 1 N–H and O–H groups in total. The molecule has 18 heavy (non-hydrogen) atoms. The van der Waals surface area contributed by atoms with E-state index >= 15 is 0 Å². The normalized spacial score (nSPS) is 10.4. The Hall–Kier alpha value is -2.30. The van der Waals surface area contributed by atoms with Crippen LogP contribution in [-0.2, 0) is 0 Å². The van der Waals surface area contributed by atoms with E-state index in [-0.39, 0.29) is 10.6 Å². The van der Waals surface area contributed by atoms with Crippen molar-refractivity contribution >= 4 is 11.4 Å². The molecule has 1 aromatic heterocycles. The second kappa shape index (κ2) is 4.52. The fraction of sp³-hybridized carbons (Fsp3) is 0.231. The third kappa shape index (κ3) is 2.20. The van der Waals surface area contributed by atoms with Crippen molar-refractivity contribution in [2.75, 3.05) is 5.43 Å². The van der Waals surface area contributed by atoms with Gasteiger partial charge in [0.25, 0.3) is 5.69 Å². The molecule has 0 aliphatic rings. The number of benzene rings is 1. The summed E-state index contributed by atoms with van der Waals surface area (Å²) in [5.74, 6) is 0. The van der Waals surface area contributed by atoms with Gasteiger partial charge in [-0.05, 0) is 44.5 Å². The number of non-ortho nitro benzene ring substituents is 1. The number of rotatable bonds is 3. The van der Waals surface area contributed by atoms with Gasteiger partial charge in [-0.15, -0.1) is 0 Å². The molecule has 0 spiro atoms. The Morgan fingerprint density at radius 3 is 2.22 bits per heavy atom. The first-order valence-corrected chi connectivity index (χ1v) is 5.66. The summed E-state index contributed by atoms with van der Waals surface area (Å²) in [4.78, 5) is 10.3. The molecule has 0 saturated carbocycles. The summed E-state index contributed by atoms with van der Waals surface area (Å²) in [6.45, 7) is 5.85. The van der Waals surface area contributed by atoms with Gasteiger partial charge in [-0.1, -0.05) is 0 Å². The van der Waals surface area contributed by atoms with Gasteiger partial charge in [-0.25, -0.2) is 0 Å². The maximum Gasteiger partial charge on any atom is 0.269 e. The number of nitrogens with zero attached hydrogens (tertiary/aromatic N) is 2. The van der Waals surface area contributed by atoms with Crippen molar-refractivity contribution in [1.29, 1.82) is 0 Å². The van der Waals surface area contributed by atoms with Gasteiger partial charge in [0.15, 0.2) is 0 Å². The molecule has 0 bridgehead atoms. The fourth-order valence-corrected chi connectivity index (χ4v) is 1.85. The second-order valence-corrected chi connectivity index (χ2v) is 4.32. The van der Waals surface area contributed by atoms with E-state index in [2.05, 4.69) is 5.43 Å². The SMILES string of the molecule is Cc1cc([N+](=O)[O-])ccc1Nn1c(C)ccc1C. The molecule has 0 fully saturated rings. The van der Waals surface area contributed by atoms with Crippen LogP contribution in [0.5, 0.6) is 0 Å². The van der Waals surface area contributed by atoms with Crippen LogP contribution in [0.1, 0.15) is 17.0 Å². The lowest BCUT2D eigenvalue weighted by molar-refractivity contribution is -0.384. The predicted molar refractivity (Wildman–Crippen MR) is 70.8 cm³/mol. The van der Waals surface area contributed by atoms with Crippen LogP contribution >= 0.6 is 0 Å². The Morgan fingerprint density at radius 2 is 1.72 bits per heavy atom. The van der Waals surface area contributed by atoms with E-state index in [4.69, 9.17) is 0 Å². The average Bonchev–Trinajstić information content (AvgIpc) is 2.63. The molecule has 2 rings (SSSR count). The number of hydrogen-bond donors (Lipinski definition) is 1. The van der Waals surface area contributed by atoms with Gasteiger partial charge in [0, 0.05) is 23.5 Å². The summed E-state index contributed by atoms with van der Waals surface area (Å²) in [5.41, 5.74) is 7.24. The minimum absolute atomic E-state index is 0.110. The predicted octanol–water partition coefficient (Wildman–Crippen LogP) is 3.20. The maximum atomic E-state index is 10.7. The highest BCUT2D eigenvalue weighted by Gasteiger charge is 2.09. The first kappa shape index (κ1) is 12.2. The molecule has 0 radical (unpaired) electrons. The van der Waals surface area contributed by atoms with Gasteiger partial charge in [0.1, 0.15) is 0 Å². The molecular formula is C13H15N3O2. The summed E-state index contributed by atoms with van der Waals surface area (Å²) >= 11 is 0. The molecule has 0 atom stereocenters. The van der Waals surface area contributed by atoms with Gasteiger partial charge in [-0.3, -0.25) is 20.2 Å². The quantitative estimate of drug-likeness (QED) is 0.667. The summed E-state index contributed by atoms with van der Waals surface area (Å²) in [7, 11) is 0. The standard InChI is InChI=1S/C13H15N3O2/c1-9-8-12(16(17)18)6-7-13(9)14-15-10(2)4-5-11(15)3/h4-8,14H,1-3H3. The van der Waals surface area contributed by atoms with Crippen LogP contribution in [0.25, 0.3) is 0 Å². The number of nitro benzene ring substituents is 1. The number of aryl methyl sites for hydroxylation is 3. The van der Waals surface area contributed by atoms with Crippen LogP contribution in [0.3, 0.4) is 0 Å². The van der Waals surface area contributed by atoms with Crippen molar-refractivity contribution in [3.8, 4) is 0 Å². The van der Waals surface area contributed by atoms with Crippen LogP contribution in [0.4, 0.5) is 11.4 Å². The van der Waals surface area contributed by atoms with Crippen molar-refractivity contribution < 1.29 is 4.92 Å². The molecule has 5 nitrogen and oxygen atoms in total. The lowest BCUT2D eigenvalue weighted by Crippen LogP contribution is -2.13. The largest absolute Gasteiger partial charge is 0.294 e. The highest BCUT2D eigenvalue weighted by molar-refractivity contribution is 5.55. The lowest BCUT2D eigenvalue weighted by Gasteiger charge is -2.14. The minimum Gasteiger partial charge on any atom is -0.294 e. The van der Waals surface area contributed by atoms with Gasteiger partial charge in [0.2, 0.25) is 0 Å². The molecule has 5 heteroatoms. The molecule has 1 heterocycles. The molecule has 0 unspecified atom stereocenters. The second-order valence-electron chi connectivity index (χ2n) is 4.32. The van der Waals surface area contributed by atoms with Crippen molar-refractivity contribution in [3.05, 3.63) is 57.4 Å². The number of hydrogen-bond acceptors (Lipinski definition) is 3. The van der Waals surface area contributed by atoms with Crippen LogP contribution in [0.2, 0.25) is 0 Å². The Balaban J connectivity index is 2.33. The first-order chi connectivity index (χ1) is 8.49. The molecule has 2 aromatic rings. The van der Waals surface area contributed by atoms with Crippen LogP contribution in [-0.4, -0.2) is 9.60 Å². The van der Waals surface area contributed by atoms with E-state index in [1.54, 1.807) is 12.1 Å². The average molecular weight is 245 g/mol. The third-order valence-corrected chi connectivity index (χ3v) is 2.92. The summed E-state index contributed by atoms with van der Waals surface area (Å²) in [6, 6.07) is 8.83. The van der Waals surface area contributed by atoms with E-state index in [9.17, 15) is 10.1 Å². The molecule has 0 aliphatic heterocycles. The Labute approximate surface area is 105 Å². The molecule has 94 valence electrons. The number of anilines is 1. The summed E-state index contributed by atoms with van der Waals surface area (Å²) in [5, 5.41) is 10.7. The van der Waals surface area contributed by atoms with E-state index in [1.165, 1.54) is 6.07 Å². The van der Waals surface area contributed by atoms with E-state index in [0.29, 0.717) is 0 Å². The van der Waals surface area contributed by atoms with Crippen molar-refractivity contribution in [2.45, 2.75) is 20.8 Å². The Morgan fingerprint density at radius 1 is 1.11 bits per heavy atom. The zero-order chi connectivity index (χ0) is 13.3. The van der Waals surface area contributed by atoms with Crippen LogP contribution < -0.4 is 5.43 Å². The molecule has 0 saturated heterocycles. The smallest absolute Gasteiger partial charge is 0.269 e. The van der Waals surface area contributed by atoms with Crippen LogP contribution in [0.15, 0.2) is 30.3 Å². The maximum absolute atomic E-state index is 10.7. The van der Waals surface area contributed by atoms with Crippen molar-refractivity contribution in [2.24, 2.45) is 0 Å². The van der Waals surface area contributed by atoms with Gasteiger partial charge in [-0.2, -0.15) is 0 Å². The first-order valence-electron chi connectivity index (χ1n) is 5.66. The highest BCUT2D eigenvalue weighted by Crippen LogP contribution is 2.22. The molecular weight excluding hydrogens is 230 g/mol. The van der Waals surface area contributed by atoms with Crippen molar-refractivity contribution in [1.82, 2.24) is 4.68 Å². The van der Waals surface area contributed by atoms with Crippen LogP contribution in [0, 0.1) is 30.9 Å². The lowest BCUT2D eigenvalue weighted by atomic mass is 10.2. The topological polar surface area (TPSA) is 60.1 Å². The Bertz CT molecular complexity index is 583. The van der Waals surface area contributed by atoms with E-state index in [1.807, 2.05) is 37.6 Å². The number of nitro groups is 1. The zero-order valence-electron chi connectivity index (χ0n) is 10.6.